The van der Waals surface area contributed by atoms with Crippen molar-refractivity contribution in [3.8, 4) is 11.5 Å². The summed E-state index contributed by atoms with van der Waals surface area (Å²) >= 11 is 0. The Morgan fingerprint density at radius 2 is 2.00 bits per heavy atom. The van der Waals surface area contributed by atoms with E-state index in [0.717, 1.165) is 37.1 Å². The first-order valence-corrected chi connectivity index (χ1v) is 5.92. The molecule has 96 valence electrons. The molecule has 4 nitrogen and oxygen atoms in total. The Morgan fingerprint density at radius 1 is 1.18 bits per heavy atom. The standard InChI is InChI=1S/C13H21NO3/c1-16-13-9-11(10-15)5-6-12(13)17-8-4-2-3-7-14/h5-6,9,15H,2-4,7-8,10,14H2,1H3. The van der Waals surface area contributed by atoms with Crippen LogP contribution in [0, 0.1) is 0 Å². The van der Waals surface area contributed by atoms with Gasteiger partial charge in [0.15, 0.2) is 11.5 Å². The predicted molar refractivity (Wildman–Crippen MR) is 67.3 cm³/mol. The molecule has 1 aromatic carbocycles. The van der Waals surface area contributed by atoms with Gasteiger partial charge in [0.05, 0.1) is 20.3 Å². The minimum atomic E-state index is 0.00708. The van der Waals surface area contributed by atoms with E-state index in [2.05, 4.69) is 0 Å². The first-order chi connectivity index (χ1) is 8.31. The summed E-state index contributed by atoms with van der Waals surface area (Å²) in [6.07, 6.45) is 3.10. The van der Waals surface area contributed by atoms with E-state index in [0.29, 0.717) is 12.4 Å². The van der Waals surface area contributed by atoms with Crippen molar-refractivity contribution in [1.29, 1.82) is 0 Å². The lowest BCUT2D eigenvalue weighted by Gasteiger charge is -2.11. The molecule has 1 aromatic rings. The molecule has 0 spiro atoms. The Balaban J connectivity index is 2.46. The third-order valence-corrected chi connectivity index (χ3v) is 2.52. The topological polar surface area (TPSA) is 64.7 Å². The molecule has 0 fully saturated rings. The van der Waals surface area contributed by atoms with Gasteiger partial charge in [0.25, 0.3) is 0 Å². The summed E-state index contributed by atoms with van der Waals surface area (Å²) in [4.78, 5) is 0. The lowest BCUT2D eigenvalue weighted by atomic mass is 10.2. The molecule has 0 bridgehead atoms. The van der Waals surface area contributed by atoms with Crippen LogP contribution >= 0.6 is 0 Å². The SMILES string of the molecule is COc1cc(CO)ccc1OCCCCCN. The molecule has 1 rings (SSSR count). The van der Waals surface area contributed by atoms with Gasteiger partial charge in [-0.05, 0) is 43.5 Å². The minimum Gasteiger partial charge on any atom is -0.493 e. The van der Waals surface area contributed by atoms with Crippen LogP contribution in [0.25, 0.3) is 0 Å². The number of hydrogen-bond donors (Lipinski definition) is 2. The van der Waals surface area contributed by atoms with Crippen molar-refractivity contribution in [3.05, 3.63) is 23.8 Å². The quantitative estimate of drug-likeness (QED) is 0.678. The second kappa shape index (κ2) is 7.92. The Kier molecular flexibility index (Phi) is 6.43. The number of benzene rings is 1. The van der Waals surface area contributed by atoms with Gasteiger partial charge in [0.2, 0.25) is 0 Å². The highest BCUT2D eigenvalue weighted by Crippen LogP contribution is 2.28. The highest BCUT2D eigenvalue weighted by molar-refractivity contribution is 5.42. The van der Waals surface area contributed by atoms with Gasteiger partial charge < -0.3 is 20.3 Å². The van der Waals surface area contributed by atoms with Crippen LogP contribution in [0.15, 0.2) is 18.2 Å². The highest BCUT2D eigenvalue weighted by atomic mass is 16.5. The molecule has 0 atom stereocenters. The number of aliphatic hydroxyl groups excluding tert-OH is 1. The van der Waals surface area contributed by atoms with Crippen LogP contribution in [0.1, 0.15) is 24.8 Å². The molecule has 0 aliphatic heterocycles. The van der Waals surface area contributed by atoms with E-state index < -0.39 is 0 Å². The fraction of sp³-hybridized carbons (Fsp3) is 0.538. The van der Waals surface area contributed by atoms with Gasteiger partial charge in [0, 0.05) is 0 Å². The average Bonchev–Trinajstić information content (AvgIpc) is 2.38. The zero-order valence-corrected chi connectivity index (χ0v) is 10.3. The van der Waals surface area contributed by atoms with Crippen LogP contribution in [-0.4, -0.2) is 25.4 Å². The maximum atomic E-state index is 9.01. The van der Waals surface area contributed by atoms with Crippen LogP contribution in [0.3, 0.4) is 0 Å². The fourth-order valence-corrected chi connectivity index (χ4v) is 1.53. The molecule has 0 heterocycles. The van der Waals surface area contributed by atoms with E-state index >= 15 is 0 Å². The molecule has 0 aromatic heterocycles. The number of ether oxygens (including phenoxy) is 2. The Morgan fingerprint density at radius 3 is 2.65 bits per heavy atom. The number of methoxy groups -OCH3 is 1. The van der Waals surface area contributed by atoms with Crippen LogP contribution in [0.2, 0.25) is 0 Å². The molecule has 17 heavy (non-hydrogen) atoms. The van der Waals surface area contributed by atoms with Crippen molar-refractivity contribution < 1.29 is 14.6 Å². The molecule has 4 heteroatoms. The third-order valence-electron chi connectivity index (χ3n) is 2.52. The number of aliphatic hydroxyl groups is 1. The largest absolute Gasteiger partial charge is 0.493 e. The highest BCUT2D eigenvalue weighted by Gasteiger charge is 2.05. The Bertz CT molecular complexity index is 328. The third kappa shape index (κ3) is 4.63. The molecule has 0 saturated heterocycles. The van der Waals surface area contributed by atoms with Crippen LogP contribution in [0.4, 0.5) is 0 Å². The monoisotopic (exact) mass is 239 g/mol. The minimum absolute atomic E-state index is 0.00708. The lowest BCUT2D eigenvalue weighted by molar-refractivity contribution is 0.275. The summed E-state index contributed by atoms with van der Waals surface area (Å²) in [7, 11) is 1.60. The van der Waals surface area contributed by atoms with Gasteiger partial charge in [-0.1, -0.05) is 6.07 Å². The first-order valence-electron chi connectivity index (χ1n) is 5.92. The van der Waals surface area contributed by atoms with Gasteiger partial charge in [0.1, 0.15) is 0 Å². The predicted octanol–water partition coefficient (Wildman–Crippen LogP) is 1.70. The van der Waals surface area contributed by atoms with Crippen molar-refractivity contribution in [2.45, 2.75) is 25.9 Å². The maximum absolute atomic E-state index is 9.01. The van der Waals surface area contributed by atoms with E-state index in [4.69, 9.17) is 20.3 Å². The average molecular weight is 239 g/mol. The lowest BCUT2D eigenvalue weighted by Crippen LogP contribution is -2.02. The molecule has 0 aliphatic carbocycles. The van der Waals surface area contributed by atoms with Crippen molar-refractivity contribution in [2.24, 2.45) is 5.73 Å². The molecule has 0 radical (unpaired) electrons. The molecule has 0 saturated carbocycles. The van der Waals surface area contributed by atoms with E-state index in [9.17, 15) is 0 Å². The molecule has 0 unspecified atom stereocenters. The summed E-state index contributed by atoms with van der Waals surface area (Å²) in [5.74, 6) is 1.38. The first kappa shape index (κ1) is 13.8. The fourth-order valence-electron chi connectivity index (χ4n) is 1.53. The summed E-state index contributed by atoms with van der Waals surface area (Å²) in [6.45, 7) is 1.40. The number of nitrogens with two attached hydrogens (primary N) is 1. The van der Waals surface area contributed by atoms with Crippen molar-refractivity contribution in [2.75, 3.05) is 20.3 Å². The summed E-state index contributed by atoms with van der Waals surface area (Å²) in [5.41, 5.74) is 6.23. The summed E-state index contributed by atoms with van der Waals surface area (Å²) in [5, 5.41) is 9.01. The van der Waals surface area contributed by atoms with Crippen LogP contribution in [-0.2, 0) is 6.61 Å². The van der Waals surface area contributed by atoms with Crippen molar-refractivity contribution >= 4 is 0 Å². The van der Waals surface area contributed by atoms with E-state index in [1.807, 2.05) is 12.1 Å². The van der Waals surface area contributed by atoms with Crippen LogP contribution in [0.5, 0.6) is 11.5 Å². The molecule has 0 amide bonds. The Labute approximate surface area is 102 Å². The van der Waals surface area contributed by atoms with E-state index in [1.165, 1.54) is 0 Å². The smallest absolute Gasteiger partial charge is 0.161 e. The van der Waals surface area contributed by atoms with Crippen molar-refractivity contribution in [1.82, 2.24) is 0 Å². The van der Waals surface area contributed by atoms with Gasteiger partial charge in [-0.15, -0.1) is 0 Å². The summed E-state index contributed by atoms with van der Waals surface area (Å²) in [6, 6.07) is 5.44. The van der Waals surface area contributed by atoms with Gasteiger partial charge in [-0.25, -0.2) is 0 Å². The van der Waals surface area contributed by atoms with Gasteiger partial charge >= 0.3 is 0 Å². The van der Waals surface area contributed by atoms with Gasteiger partial charge in [-0.2, -0.15) is 0 Å². The molecule has 3 N–H and O–H groups in total. The summed E-state index contributed by atoms with van der Waals surface area (Å²) < 4.78 is 10.8. The molecule has 0 aliphatic rings. The van der Waals surface area contributed by atoms with Crippen molar-refractivity contribution in [3.63, 3.8) is 0 Å². The van der Waals surface area contributed by atoms with E-state index in [1.54, 1.807) is 13.2 Å². The number of rotatable bonds is 8. The molecular formula is C13H21NO3. The normalized spacial score (nSPS) is 10.3. The maximum Gasteiger partial charge on any atom is 0.161 e. The number of unbranched alkanes of at least 4 members (excludes halogenated alkanes) is 2. The second-order valence-electron chi connectivity index (χ2n) is 3.84. The second-order valence-corrected chi connectivity index (χ2v) is 3.84. The van der Waals surface area contributed by atoms with Crippen LogP contribution < -0.4 is 15.2 Å². The number of hydrogen-bond acceptors (Lipinski definition) is 4. The zero-order valence-electron chi connectivity index (χ0n) is 10.3. The van der Waals surface area contributed by atoms with Gasteiger partial charge in [-0.3, -0.25) is 0 Å². The van der Waals surface area contributed by atoms with E-state index in [-0.39, 0.29) is 6.61 Å². The Hall–Kier alpha value is -1.26. The zero-order chi connectivity index (χ0) is 12.5. The molecular weight excluding hydrogens is 218 g/mol.